The molecule has 1 N–H and O–H groups in total. The van der Waals surface area contributed by atoms with E-state index in [1.54, 1.807) is 0 Å². The third kappa shape index (κ3) is 4.56. The predicted octanol–water partition coefficient (Wildman–Crippen LogP) is 2.06. The smallest absolute Gasteiger partial charge is 0.224 e. The molecule has 2 heterocycles. The molecule has 0 unspecified atom stereocenters. The Kier molecular flexibility index (Phi) is 5.70. The summed E-state index contributed by atoms with van der Waals surface area (Å²) in [7, 11) is 0. The van der Waals surface area contributed by atoms with Gasteiger partial charge in [-0.3, -0.25) is 4.79 Å². The average Bonchev–Trinajstić information content (AvgIpc) is 2.59. The lowest BCUT2D eigenvalue weighted by atomic mass is 10.1. The van der Waals surface area contributed by atoms with Crippen LogP contribution >= 0.6 is 15.9 Å². The van der Waals surface area contributed by atoms with Gasteiger partial charge in [0.15, 0.2) is 0 Å². The Morgan fingerprint density at radius 2 is 2.13 bits per heavy atom. The maximum absolute atomic E-state index is 12.0. The van der Waals surface area contributed by atoms with Crippen LogP contribution in [0.2, 0.25) is 0 Å². The molecular formula is C17H21BrN2O3. The first-order chi connectivity index (χ1) is 11.2. The van der Waals surface area contributed by atoms with E-state index in [0.29, 0.717) is 45.9 Å². The summed E-state index contributed by atoms with van der Waals surface area (Å²) in [5.74, 6) is 1.11. The molecule has 5 nitrogen and oxygen atoms in total. The van der Waals surface area contributed by atoms with Gasteiger partial charge in [0, 0.05) is 42.6 Å². The second kappa shape index (κ2) is 7.95. The Bertz CT molecular complexity index is 598. The lowest BCUT2D eigenvalue weighted by Crippen LogP contribution is -2.41. The van der Waals surface area contributed by atoms with Gasteiger partial charge in [-0.1, -0.05) is 15.9 Å². The van der Waals surface area contributed by atoms with Gasteiger partial charge in [-0.05, 0) is 29.8 Å². The number of hydrogen-bond donors (Lipinski definition) is 1. The number of nitrogens with zero attached hydrogens (tertiary/aromatic N) is 1. The number of nitrogens with one attached hydrogen (secondary N) is 1. The van der Waals surface area contributed by atoms with Crippen molar-refractivity contribution in [3.05, 3.63) is 33.8 Å². The van der Waals surface area contributed by atoms with Crippen LogP contribution in [0.15, 0.2) is 28.2 Å². The van der Waals surface area contributed by atoms with Gasteiger partial charge >= 0.3 is 0 Å². The first-order valence-electron chi connectivity index (χ1n) is 7.90. The fourth-order valence-corrected chi connectivity index (χ4v) is 3.09. The maximum atomic E-state index is 12.0. The first-order valence-corrected chi connectivity index (χ1v) is 8.70. The van der Waals surface area contributed by atoms with Crippen LogP contribution in [-0.2, 0) is 9.53 Å². The quantitative estimate of drug-likeness (QED) is 0.794. The highest BCUT2D eigenvalue weighted by molar-refractivity contribution is 9.10. The second-order valence-corrected chi connectivity index (χ2v) is 6.61. The summed E-state index contributed by atoms with van der Waals surface area (Å²) in [6, 6.07) is 6.00. The van der Waals surface area contributed by atoms with Crippen LogP contribution in [-0.4, -0.2) is 56.8 Å². The molecule has 2 aliphatic rings. The van der Waals surface area contributed by atoms with Crippen molar-refractivity contribution in [2.75, 3.05) is 46.0 Å². The standard InChI is InChI=1S/C17H21BrN2O3/c18-15-1-2-16-14(10-15)9-13(12-23-16)11-19-4-3-17(21)20-5-7-22-8-6-20/h1-2,9-10,19H,3-8,11-12H2. The number of amides is 1. The highest BCUT2D eigenvalue weighted by Gasteiger charge is 2.16. The van der Waals surface area contributed by atoms with E-state index in [1.807, 2.05) is 17.0 Å². The minimum absolute atomic E-state index is 0.198. The number of halogens is 1. The molecule has 1 aromatic carbocycles. The SMILES string of the molecule is O=C(CCNCC1=Cc2cc(Br)ccc2OC1)N1CCOCC1. The summed E-state index contributed by atoms with van der Waals surface area (Å²) in [6.45, 7) is 4.74. The second-order valence-electron chi connectivity index (χ2n) is 5.69. The van der Waals surface area contributed by atoms with Crippen LogP contribution < -0.4 is 10.1 Å². The van der Waals surface area contributed by atoms with Gasteiger partial charge in [-0.25, -0.2) is 0 Å². The lowest BCUT2D eigenvalue weighted by molar-refractivity contribution is -0.135. The maximum Gasteiger partial charge on any atom is 0.224 e. The Labute approximate surface area is 144 Å². The van der Waals surface area contributed by atoms with E-state index in [4.69, 9.17) is 9.47 Å². The van der Waals surface area contributed by atoms with Crippen molar-refractivity contribution in [3.63, 3.8) is 0 Å². The monoisotopic (exact) mass is 380 g/mol. The average molecular weight is 381 g/mol. The van der Waals surface area contributed by atoms with Gasteiger partial charge in [0.05, 0.1) is 13.2 Å². The molecule has 2 aliphatic heterocycles. The van der Waals surface area contributed by atoms with Crippen molar-refractivity contribution < 1.29 is 14.3 Å². The molecule has 0 radical (unpaired) electrons. The number of ether oxygens (including phenoxy) is 2. The van der Waals surface area contributed by atoms with Gasteiger partial charge in [0.25, 0.3) is 0 Å². The Balaban J connectivity index is 1.43. The van der Waals surface area contributed by atoms with Crippen LogP contribution in [0.5, 0.6) is 5.75 Å². The zero-order chi connectivity index (χ0) is 16.1. The zero-order valence-corrected chi connectivity index (χ0v) is 14.6. The largest absolute Gasteiger partial charge is 0.489 e. The van der Waals surface area contributed by atoms with Crippen molar-refractivity contribution in [2.24, 2.45) is 0 Å². The zero-order valence-electron chi connectivity index (χ0n) is 13.0. The van der Waals surface area contributed by atoms with E-state index in [9.17, 15) is 4.79 Å². The molecule has 1 amide bonds. The predicted molar refractivity (Wildman–Crippen MR) is 92.5 cm³/mol. The van der Waals surface area contributed by atoms with Crippen molar-refractivity contribution >= 4 is 27.9 Å². The molecule has 1 aromatic rings. The molecule has 0 bridgehead atoms. The Hall–Kier alpha value is -1.37. The topological polar surface area (TPSA) is 50.8 Å². The van der Waals surface area contributed by atoms with E-state index in [0.717, 1.165) is 22.3 Å². The van der Waals surface area contributed by atoms with E-state index in [1.165, 1.54) is 5.57 Å². The molecule has 0 atom stereocenters. The highest BCUT2D eigenvalue weighted by atomic mass is 79.9. The molecule has 23 heavy (non-hydrogen) atoms. The summed E-state index contributed by atoms with van der Waals surface area (Å²) < 4.78 is 12.0. The molecule has 0 aromatic heterocycles. The molecule has 0 aliphatic carbocycles. The van der Waals surface area contributed by atoms with Crippen LogP contribution in [0.25, 0.3) is 6.08 Å². The van der Waals surface area contributed by atoms with Gasteiger partial charge in [0.1, 0.15) is 12.4 Å². The fraction of sp³-hybridized carbons (Fsp3) is 0.471. The van der Waals surface area contributed by atoms with Gasteiger partial charge < -0.3 is 19.7 Å². The van der Waals surface area contributed by atoms with Crippen molar-refractivity contribution in [1.29, 1.82) is 0 Å². The normalized spacial score (nSPS) is 17.3. The van der Waals surface area contributed by atoms with Crippen molar-refractivity contribution in [2.45, 2.75) is 6.42 Å². The number of fused-ring (bicyclic) bond motifs is 1. The summed E-state index contributed by atoms with van der Waals surface area (Å²) in [4.78, 5) is 13.9. The highest BCUT2D eigenvalue weighted by Crippen LogP contribution is 2.28. The summed E-state index contributed by atoms with van der Waals surface area (Å²) in [5, 5.41) is 3.33. The van der Waals surface area contributed by atoms with Crippen LogP contribution in [0, 0.1) is 0 Å². The van der Waals surface area contributed by atoms with Crippen LogP contribution in [0.4, 0.5) is 0 Å². The molecular weight excluding hydrogens is 360 g/mol. The molecule has 1 fully saturated rings. The third-order valence-electron chi connectivity index (χ3n) is 3.98. The molecule has 0 spiro atoms. The van der Waals surface area contributed by atoms with Crippen LogP contribution in [0.3, 0.4) is 0 Å². The van der Waals surface area contributed by atoms with Gasteiger partial charge in [-0.15, -0.1) is 0 Å². The Morgan fingerprint density at radius 1 is 1.30 bits per heavy atom. The summed E-state index contributed by atoms with van der Waals surface area (Å²) in [5.41, 5.74) is 2.28. The summed E-state index contributed by atoms with van der Waals surface area (Å²) >= 11 is 3.48. The number of rotatable bonds is 5. The number of hydrogen-bond acceptors (Lipinski definition) is 4. The third-order valence-corrected chi connectivity index (χ3v) is 4.47. The number of carbonyl (C=O) groups is 1. The molecule has 3 rings (SSSR count). The minimum Gasteiger partial charge on any atom is -0.489 e. The van der Waals surface area contributed by atoms with E-state index in [2.05, 4.69) is 33.4 Å². The van der Waals surface area contributed by atoms with Gasteiger partial charge in [-0.2, -0.15) is 0 Å². The lowest BCUT2D eigenvalue weighted by Gasteiger charge is -2.27. The minimum atomic E-state index is 0.198. The molecule has 124 valence electrons. The van der Waals surface area contributed by atoms with Crippen LogP contribution in [0.1, 0.15) is 12.0 Å². The fourth-order valence-electron chi connectivity index (χ4n) is 2.71. The Morgan fingerprint density at radius 3 is 2.96 bits per heavy atom. The van der Waals surface area contributed by atoms with Gasteiger partial charge in [0.2, 0.25) is 5.91 Å². The molecule has 1 saturated heterocycles. The van der Waals surface area contributed by atoms with Crippen molar-refractivity contribution in [1.82, 2.24) is 10.2 Å². The van der Waals surface area contributed by atoms with E-state index in [-0.39, 0.29) is 5.91 Å². The first kappa shape index (κ1) is 16.5. The number of morpholine rings is 1. The van der Waals surface area contributed by atoms with Crippen molar-refractivity contribution in [3.8, 4) is 5.75 Å². The molecule has 0 saturated carbocycles. The van der Waals surface area contributed by atoms with E-state index >= 15 is 0 Å². The summed E-state index contributed by atoms with van der Waals surface area (Å²) in [6.07, 6.45) is 2.68. The number of carbonyl (C=O) groups excluding carboxylic acids is 1. The molecule has 6 heteroatoms. The number of benzene rings is 1. The van der Waals surface area contributed by atoms with E-state index < -0.39 is 0 Å².